The van der Waals surface area contributed by atoms with E-state index in [1.807, 2.05) is 42.5 Å². The molecule has 0 fully saturated rings. The van der Waals surface area contributed by atoms with Crippen molar-refractivity contribution in [2.24, 2.45) is 0 Å². The highest BCUT2D eigenvalue weighted by molar-refractivity contribution is 9.10. The third kappa shape index (κ3) is 2.08. The number of aromatic amines is 1. The molecule has 1 N–H and O–H groups in total. The first-order valence-electron chi connectivity index (χ1n) is 6.58. The lowest BCUT2D eigenvalue weighted by Crippen LogP contribution is -2.11. The molecule has 0 radical (unpaired) electrons. The van der Waals surface area contributed by atoms with Gasteiger partial charge in [0, 0.05) is 27.6 Å². The van der Waals surface area contributed by atoms with E-state index in [0.29, 0.717) is 5.52 Å². The Kier molecular flexibility index (Phi) is 3.37. The molecule has 0 aliphatic rings. The van der Waals surface area contributed by atoms with E-state index >= 15 is 0 Å². The molecule has 0 spiro atoms. The molecule has 3 aromatic rings. The Morgan fingerprint density at radius 2 is 1.86 bits per heavy atom. The molecular weight excluding hydrogens is 332 g/mol. The molecule has 3 rings (SSSR count). The van der Waals surface area contributed by atoms with Crippen LogP contribution < -0.4 is 10.3 Å². The summed E-state index contributed by atoms with van der Waals surface area (Å²) < 4.78 is 8.10. The lowest BCUT2D eigenvalue weighted by Gasteiger charge is -2.04. The topological polar surface area (TPSA) is 46.5 Å². The Morgan fingerprint density at radius 1 is 1.19 bits per heavy atom. The number of H-pyrrole nitrogens is 1. The molecular formula is C16H15BrN2O2. The molecule has 4 nitrogen and oxygen atoms in total. The second-order valence-corrected chi connectivity index (χ2v) is 5.74. The summed E-state index contributed by atoms with van der Waals surface area (Å²) >= 11 is 3.63. The highest BCUT2D eigenvalue weighted by Crippen LogP contribution is 2.36. The summed E-state index contributed by atoms with van der Waals surface area (Å²) in [4.78, 5) is 15.1. The maximum Gasteiger partial charge on any atom is 0.272 e. The fraction of sp³-hybridized carbons (Fsp3) is 0.188. The SMILES string of the molecule is COc1ccc(-c2c(Br)c(C)n3c(C)c[nH]c(=O)c23)cc1. The van der Waals surface area contributed by atoms with Crippen molar-refractivity contribution in [2.75, 3.05) is 7.11 Å². The first-order valence-corrected chi connectivity index (χ1v) is 7.37. The van der Waals surface area contributed by atoms with Crippen LogP contribution in [0.4, 0.5) is 0 Å². The fourth-order valence-corrected chi connectivity index (χ4v) is 3.24. The minimum atomic E-state index is -0.0970. The van der Waals surface area contributed by atoms with E-state index in [1.54, 1.807) is 13.3 Å². The largest absolute Gasteiger partial charge is 0.497 e. The number of hydrogen-bond donors (Lipinski definition) is 1. The number of methoxy groups -OCH3 is 1. The standard InChI is InChI=1S/C16H15BrN2O2/c1-9-8-18-16(20)15-13(14(17)10(2)19(9)15)11-4-6-12(21-3)7-5-11/h4-8H,1-3H3,(H,18,20). The molecule has 0 aliphatic heterocycles. The quantitative estimate of drug-likeness (QED) is 0.769. The molecule has 0 bridgehead atoms. The zero-order valence-electron chi connectivity index (χ0n) is 12.0. The number of nitrogens with one attached hydrogen (secondary N) is 1. The van der Waals surface area contributed by atoms with Gasteiger partial charge in [-0.2, -0.15) is 0 Å². The van der Waals surface area contributed by atoms with E-state index in [1.165, 1.54) is 0 Å². The van der Waals surface area contributed by atoms with Crippen LogP contribution in [0, 0.1) is 13.8 Å². The number of fused-ring (bicyclic) bond motifs is 1. The summed E-state index contributed by atoms with van der Waals surface area (Å²) in [6.45, 7) is 3.97. The van der Waals surface area contributed by atoms with Crippen molar-refractivity contribution in [3.8, 4) is 16.9 Å². The Labute approximate surface area is 130 Å². The molecule has 0 saturated carbocycles. The number of rotatable bonds is 2. The van der Waals surface area contributed by atoms with Crippen LogP contribution >= 0.6 is 15.9 Å². The summed E-state index contributed by atoms with van der Waals surface area (Å²) in [5, 5.41) is 0. The van der Waals surface area contributed by atoms with Crippen molar-refractivity contribution >= 4 is 21.4 Å². The van der Waals surface area contributed by atoms with Crippen molar-refractivity contribution in [2.45, 2.75) is 13.8 Å². The maximum absolute atomic E-state index is 12.3. The minimum absolute atomic E-state index is 0.0970. The van der Waals surface area contributed by atoms with E-state index in [4.69, 9.17) is 4.74 Å². The molecule has 0 amide bonds. The Morgan fingerprint density at radius 3 is 2.48 bits per heavy atom. The summed E-state index contributed by atoms with van der Waals surface area (Å²) in [7, 11) is 1.64. The van der Waals surface area contributed by atoms with E-state index in [9.17, 15) is 4.79 Å². The number of hydrogen-bond acceptors (Lipinski definition) is 2. The van der Waals surface area contributed by atoms with E-state index < -0.39 is 0 Å². The molecule has 5 heteroatoms. The predicted octanol–water partition coefficient (Wildman–Crippen LogP) is 3.68. The van der Waals surface area contributed by atoms with Crippen molar-refractivity contribution in [1.29, 1.82) is 0 Å². The average Bonchev–Trinajstić information content (AvgIpc) is 2.77. The lowest BCUT2D eigenvalue weighted by molar-refractivity contribution is 0.415. The normalized spacial score (nSPS) is 11.0. The second kappa shape index (κ2) is 5.07. The zero-order valence-corrected chi connectivity index (χ0v) is 13.6. The van der Waals surface area contributed by atoms with Crippen LogP contribution in [0.2, 0.25) is 0 Å². The number of aryl methyl sites for hydroxylation is 2. The highest BCUT2D eigenvalue weighted by Gasteiger charge is 2.18. The Bertz CT molecular complexity index is 876. The molecule has 0 atom stereocenters. The van der Waals surface area contributed by atoms with Gasteiger partial charge in [0.25, 0.3) is 5.56 Å². The van der Waals surface area contributed by atoms with Crippen molar-refractivity contribution < 1.29 is 4.74 Å². The van der Waals surface area contributed by atoms with Gasteiger partial charge in [0.1, 0.15) is 11.3 Å². The van der Waals surface area contributed by atoms with Crippen LogP contribution in [-0.4, -0.2) is 16.5 Å². The van der Waals surface area contributed by atoms with E-state index in [-0.39, 0.29) is 5.56 Å². The van der Waals surface area contributed by atoms with Crippen LogP contribution in [0.5, 0.6) is 5.75 Å². The van der Waals surface area contributed by atoms with Gasteiger partial charge in [0.2, 0.25) is 0 Å². The number of benzene rings is 1. The van der Waals surface area contributed by atoms with Crippen LogP contribution in [-0.2, 0) is 0 Å². The minimum Gasteiger partial charge on any atom is -0.497 e. The van der Waals surface area contributed by atoms with Crippen molar-refractivity contribution in [1.82, 2.24) is 9.38 Å². The summed E-state index contributed by atoms with van der Waals surface area (Å²) in [6.07, 6.45) is 1.73. The summed E-state index contributed by atoms with van der Waals surface area (Å²) in [5.74, 6) is 0.792. The number of nitrogens with zero attached hydrogens (tertiary/aromatic N) is 1. The number of halogens is 1. The maximum atomic E-state index is 12.3. The number of ether oxygens (including phenoxy) is 1. The molecule has 0 saturated heterocycles. The Balaban J connectivity index is 2.39. The first-order chi connectivity index (χ1) is 10.0. The smallest absolute Gasteiger partial charge is 0.272 e. The van der Waals surface area contributed by atoms with Crippen LogP contribution in [0.1, 0.15) is 11.4 Å². The van der Waals surface area contributed by atoms with Crippen molar-refractivity contribution in [3.63, 3.8) is 0 Å². The number of aromatic nitrogens is 2. The van der Waals surface area contributed by atoms with E-state index in [2.05, 4.69) is 20.9 Å². The van der Waals surface area contributed by atoms with Gasteiger partial charge in [-0.15, -0.1) is 0 Å². The van der Waals surface area contributed by atoms with Crippen molar-refractivity contribution in [3.05, 3.63) is 56.7 Å². The average molecular weight is 347 g/mol. The van der Waals surface area contributed by atoms with Gasteiger partial charge in [0.15, 0.2) is 0 Å². The van der Waals surface area contributed by atoms with Gasteiger partial charge in [-0.05, 0) is 47.5 Å². The molecule has 2 aromatic heterocycles. The fourth-order valence-electron chi connectivity index (χ4n) is 2.64. The summed E-state index contributed by atoms with van der Waals surface area (Å²) in [6, 6.07) is 7.70. The molecule has 2 heterocycles. The van der Waals surface area contributed by atoms with Crippen LogP contribution in [0.3, 0.4) is 0 Å². The molecule has 21 heavy (non-hydrogen) atoms. The molecule has 0 aliphatic carbocycles. The molecule has 108 valence electrons. The van der Waals surface area contributed by atoms with Gasteiger partial charge >= 0.3 is 0 Å². The third-order valence-electron chi connectivity index (χ3n) is 3.69. The monoisotopic (exact) mass is 346 g/mol. The highest BCUT2D eigenvalue weighted by atomic mass is 79.9. The molecule has 1 aromatic carbocycles. The summed E-state index contributed by atoms with van der Waals surface area (Å²) in [5.41, 5.74) is 4.44. The van der Waals surface area contributed by atoms with Gasteiger partial charge in [0.05, 0.1) is 7.11 Å². The Hall–Kier alpha value is -2.01. The third-order valence-corrected chi connectivity index (χ3v) is 4.66. The van der Waals surface area contributed by atoms with E-state index in [0.717, 1.165) is 32.7 Å². The lowest BCUT2D eigenvalue weighted by atomic mass is 10.1. The van der Waals surface area contributed by atoms with Gasteiger partial charge in [-0.1, -0.05) is 12.1 Å². The van der Waals surface area contributed by atoms with Crippen LogP contribution in [0.25, 0.3) is 16.6 Å². The van der Waals surface area contributed by atoms with Gasteiger partial charge in [-0.25, -0.2) is 0 Å². The van der Waals surface area contributed by atoms with Gasteiger partial charge < -0.3 is 14.1 Å². The predicted molar refractivity (Wildman–Crippen MR) is 87.2 cm³/mol. The second-order valence-electron chi connectivity index (χ2n) is 4.95. The zero-order chi connectivity index (χ0) is 15.1. The van der Waals surface area contributed by atoms with Crippen LogP contribution in [0.15, 0.2) is 39.7 Å². The molecule has 0 unspecified atom stereocenters. The van der Waals surface area contributed by atoms with Gasteiger partial charge in [-0.3, -0.25) is 4.79 Å². The first kappa shape index (κ1) is 13.9.